The van der Waals surface area contributed by atoms with Gasteiger partial charge in [-0.3, -0.25) is 4.99 Å². The van der Waals surface area contributed by atoms with Gasteiger partial charge in [0.05, 0.1) is 0 Å². The third-order valence-electron chi connectivity index (χ3n) is 3.30. The first-order chi connectivity index (χ1) is 7.50. The molecule has 1 aliphatic heterocycles. The number of rotatable bonds is 1. The highest BCUT2D eigenvalue weighted by molar-refractivity contribution is 6.04. The van der Waals surface area contributed by atoms with Crippen LogP contribution in [0.25, 0.3) is 0 Å². The normalized spacial score (nSPS) is 19.4. The molecule has 0 aliphatic carbocycles. The van der Waals surface area contributed by atoms with Crippen LogP contribution < -0.4 is 0 Å². The van der Waals surface area contributed by atoms with E-state index in [4.69, 9.17) is 0 Å². The van der Waals surface area contributed by atoms with Crippen LogP contribution in [0.5, 0.6) is 0 Å². The minimum absolute atomic E-state index is 0.114. The largest absolute Gasteiger partial charge is 0.289 e. The molecule has 1 aromatic carbocycles. The third-order valence-corrected chi connectivity index (χ3v) is 3.30. The van der Waals surface area contributed by atoms with E-state index in [0.717, 1.165) is 30.7 Å². The van der Waals surface area contributed by atoms with Crippen LogP contribution in [-0.2, 0) is 0 Å². The van der Waals surface area contributed by atoms with Gasteiger partial charge in [-0.05, 0) is 43.0 Å². The molecule has 86 valence electrons. The molecule has 0 amide bonds. The van der Waals surface area contributed by atoms with Gasteiger partial charge in [0.2, 0.25) is 0 Å². The lowest BCUT2D eigenvalue weighted by atomic mass is 9.77. The van der Waals surface area contributed by atoms with Gasteiger partial charge in [0.15, 0.2) is 0 Å². The summed E-state index contributed by atoms with van der Waals surface area (Å²) in [5, 5.41) is 0. The van der Waals surface area contributed by atoms with Crippen LogP contribution in [-0.4, -0.2) is 12.3 Å². The van der Waals surface area contributed by atoms with Crippen molar-refractivity contribution in [2.75, 3.05) is 6.54 Å². The zero-order valence-corrected chi connectivity index (χ0v) is 10.2. The van der Waals surface area contributed by atoms with Crippen LogP contribution in [0.4, 0.5) is 4.39 Å². The molecule has 0 fully saturated rings. The number of halogens is 1. The van der Waals surface area contributed by atoms with Gasteiger partial charge in [0.25, 0.3) is 0 Å². The molecule has 2 heteroatoms. The molecule has 1 heterocycles. The molecule has 0 N–H and O–H groups in total. The molecule has 16 heavy (non-hydrogen) atoms. The van der Waals surface area contributed by atoms with E-state index in [1.165, 1.54) is 6.07 Å². The molecule has 0 bridgehead atoms. The molecule has 1 aromatic rings. The fourth-order valence-corrected chi connectivity index (χ4v) is 2.32. The second-order valence-corrected chi connectivity index (χ2v) is 5.18. The van der Waals surface area contributed by atoms with Crippen molar-refractivity contribution < 1.29 is 4.39 Å². The zero-order valence-electron chi connectivity index (χ0n) is 10.2. The number of nitrogens with zero attached hydrogens (tertiary/aromatic N) is 1. The highest BCUT2D eigenvalue weighted by Gasteiger charge is 2.28. The summed E-state index contributed by atoms with van der Waals surface area (Å²) in [6.07, 6.45) is 2.30. The molecule has 1 nitrogen and oxygen atoms in total. The van der Waals surface area contributed by atoms with Crippen LogP contribution in [0.3, 0.4) is 0 Å². The van der Waals surface area contributed by atoms with E-state index in [-0.39, 0.29) is 11.2 Å². The Morgan fingerprint density at radius 1 is 1.31 bits per heavy atom. The van der Waals surface area contributed by atoms with E-state index >= 15 is 0 Å². The van der Waals surface area contributed by atoms with Crippen molar-refractivity contribution in [1.82, 2.24) is 0 Å². The quantitative estimate of drug-likeness (QED) is 0.682. The van der Waals surface area contributed by atoms with Gasteiger partial charge in [-0.1, -0.05) is 19.9 Å². The van der Waals surface area contributed by atoms with Crippen LogP contribution in [0.15, 0.2) is 23.2 Å². The molecule has 0 spiro atoms. The lowest BCUT2D eigenvalue weighted by molar-refractivity contribution is 0.440. The minimum Gasteiger partial charge on any atom is -0.289 e. The Kier molecular flexibility index (Phi) is 2.83. The molecule has 0 unspecified atom stereocenters. The van der Waals surface area contributed by atoms with Gasteiger partial charge >= 0.3 is 0 Å². The summed E-state index contributed by atoms with van der Waals surface area (Å²) in [5.41, 5.74) is 3.01. The Hall–Kier alpha value is -1.18. The lowest BCUT2D eigenvalue weighted by Crippen LogP contribution is -2.29. The van der Waals surface area contributed by atoms with Crippen molar-refractivity contribution in [1.29, 1.82) is 0 Å². The summed E-state index contributed by atoms with van der Waals surface area (Å²) in [7, 11) is 0. The second kappa shape index (κ2) is 4.00. The van der Waals surface area contributed by atoms with Gasteiger partial charge < -0.3 is 0 Å². The van der Waals surface area contributed by atoms with Crippen LogP contribution in [0.1, 0.15) is 37.8 Å². The molecule has 0 saturated carbocycles. The van der Waals surface area contributed by atoms with Gasteiger partial charge in [-0.15, -0.1) is 0 Å². The van der Waals surface area contributed by atoms with Crippen LogP contribution in [0, 0.1) is 18.2 Å². The number of benzene rings is 1. The van der Waals surface area contributed by atoms with E-state index in [2.05, 4.69) is 18.8 Å². The van der Waals surface area contributed by atoms with E-state index in [1.807, 2.05) is 12.1 Å². The maximum atomic E-state index is 13.2. The average molecular weight is 219 g/mol. The highest BCUT2D eigenvalue weighted by atomic mass is 19.1. The van der Waals surface area contributed by atoms with E-state index in [0.29, 0.717) is 5.56 Å². The summed E-state index contributed by atoms with van der Waals surface area (Å²) < 4.78 is 13.2. The second-order valence-electron chi connectivity index (χ2n) is 5.18. The van der Waals surface area contributed by atoms with Crippen molar-refractivity contribution >= 4 is 5.71 Å². The molecule has 0 saturated heterocycles. The topological polar surface area (TPSA) is 12.4 Å². The summed E-state index contributed by atoms with van der Waals surface area (Å²) >= 11 is 0. The maximum absolute atomic E-state index is 13.2. The summed E-state index contributed by atoms with van der Waals surface area (Å²) in [5.74, 6) is -0.141. The number of aryl methyl sites for hydroxylation is 1. The average Bonchev–Trinajstić information content (AvgIpc) is 2.22. The first-order valence-corrected chi connectivity index (χ1v) is 5.82. The van der Waals surface area contributed by atoms with Gasteiger partial charge in [0.1, 0.15) is 5.82 Å². The minimum atomic E-state index is -0.141. The Labute approximate surface area is 96.4 Å². The molecule has 1 aliphatic rings. The van der Waals surface area contributed by atoms with Gasteiger partial charge in [-0.25, -0.2) is 4.39 Å². The van der Waals surface area contributed by atoms with Crippen molar-refractivity contribution in [2.24, 2.45) is 10.4 Å². The molecule has 0 atom stereocenters. The molecule has 0 radical (unpaired) electrons. The monoisotopic (exact) mass is 219 g/mol. The Morgan fingerprint density at radius 3 is 2.69 bits per heavy atom. The number of hydrogen-bond donors (Lipinski definition) is 0. The Bertz CT molecular complexity index is 432. The van der Waals surface area contributed by atoms with Crippen molar-refractivity contribution in [2.45, 2.75) is 33.6 Å². The van der Waals surface area contributed by atoms with Crippen molar-refractivity contribution in [3.05, 3.63) is 35.1 Å². The Balaban J connectivity index is 2.43. The summed E-state index contributed by atoms with van der Waals surface area (Å²) in [6.45, 7) is 7.12. The predicted octanol–water partition coefficient (Wildman–Crippen LogP) is 3.74. The van der Waals surface area contributed by atoms with E-state index < -0.39 is 0 Å². The maximum Gasteiger partial charge on any atom is 0.126 e. The third kappa shape index (κ3) is 2.01. The fraction of sp³-hybridized carbons (Fsp3) is 0.500. The SMILES string of the molecule is Cc1cc(C2=NCCCC2(C)C)ccc1F. The van der Waals surface area contributed by atoms with Crippen LogP contribution in [0.2, 0.25) is 0 Å². The van der Waals surface area contributed by atoms with Crippen LogP contribution >= 0.6 is 0 Å². The summed E-state index contributed by atoms with van der Waals surface area (Å²) in [4.78, 5) is 4.62. The molecule has 2 rings (SSSR count). The molecular formula is C14H18FN. The molecular weight excluding hydrogens is 201 g/mol. The van der Waals surface area contributed by atoms with E-state index in [9.17, 15) is 4.39 Å². The first-order valence-electron chi connectivity index (χ1n) is 5.82. The highest BCUT2D eigenvalue weighted by Crippen LogP contribution is 2.32. The summed E-state index contributed by atoms with van der Waals surface area (Å²) in [6, 6.07) is 5.29. The zero-order chi connectivity index (χ0) is 11.8. The standard InChI is InChI=1S/C14H18FN/c1-10-9-11(5-6-12(10)15)13-14(2,3)7-4-8-16-13/h5-6,9H,4,7-8H2,1-3H3. The fourth-order valence-electron chi connectivity index (χ4n) is 2.32. The Morgan fingerprint density at radius 2 is 2.06 bits per heavy atom. The first kappa shape index (κ1) is 11.3. The van der Waals surface area contributed by atoms with Crippen molar-refractivity contribution in [3.8, 4) is 0 Å². The smallest absolute Gasteiger partial charge is 0.126 e. The van der Waals surface area contributed by atoms with E-state index in [1.54, 1.807) is 6.92 Å². The predicted molar refractivity (Wildman–Crippen MR) is 65.6 cm³/mol. The van der Waals surface area contributed by atoms with Gasteiger partial charge in [0, 0.05) is 17.7 Å². The van der Waals surface area contributed by atoms with Crippen molar-refractivity contribution in [3.63, 3.8) is 0 Å². The lowest BCUT2D eigenvalue weighted by Gasteiger charge is -2.30. The number of hydrogen-bond acceptors (Lipinski definition) is 1. The van der Waals surface area contributed by atoms with Gasteiger partial charge in [-0.2, -0.15) is 0 Å². The number of aliphatic imine (C=N–C) groups is 1. The molecule has 0 aromatic heterocycles.